The fraction of sp³-hybridized carbons (Fsp3) is 0.929. The summed E-state index contributed by atoms with van der Waals surface area (Å²) in [6.07, 6.45) is 11.2. The van der Waals surface area contributed by atoms with E-state index in [4.69, 9.17) is 10.00 Å². The Morgan fingerprint density at radius 1 is 1.12 bits per heavy atom. The van der Waals surface area contributed by atoms with Crippen LogP contribution in [0.3, 0.4) is 0 Å². The van der Waals surface area contributed by atoms with E-state index in [0.717, 1.165) is 19.4 Å². The van der Waals surface area contributed by atoms with Crippen LogP contribution in [0.5, 0.6) is 0 Å². The molecule has 1 unspecified atom stereocenters. The number of unbranched alkanes of at least 4 members (excludes halogenated alkanes) is 6. The number of hydrogen-bond acceptors (Lipinski definition) is 2. The van der Waals surface area contributed by atoms with Crippen molar-refractivity contribution in [1.82, 2.24) is 0 Å². The minimum Gasteiger partial charge on any atom is -0.380 e. The summed E-state index contributed by atoms with van der Waals surface area (Å²) in [7, 11) is 0. The van der Waals surface area contributed by atoms with Gasteiger partial charge < -0.3 is 4.74 Å². The number of hydrogen-bond donors (Lipinski definition) is 0. The molecular weight excluding hydrogens is 198 g/mol. The van der Waals surface area contributed by atoms with Gasteiger partial charge in [0, 0.05) is 6.61 Å². The van der Waals surface area contributed by atoms with Crippen LogP contribution in [-0.4, -0.2) is 13.2 Å². The molecule has 0 aromatic rings. The van der Waals surface area contributed by atoms with Crippen molar-refractivity contribution in [3.8, 4) is 6.07 Å². The Hall–Kier alpha value is -0.550. The average molecular weight is 223 g/mol. The highest BCUT2D eigenvalue weighted by atomic mass is 16.5. The minimum atomic E-state index is -0.135. The van der Waals surface area contributed by atoms with E-state index >= 15 is 0 Å². The van der Waals surface area contributed by atoms with E-state index < -0.39 is 0 Å². The fourth-order valence-electron chi connectivity index (χ4n) is 2.37. The molecule has 0 aliphatic carbocycles. The third-order valence-corrected chi connectivity index (χ3v) is 3.60. The summed E-state index contributed by atoms with van der Waals surface area (Å²) < 4.78 is 5.34. The summed E-state index contributed by atoms with van der Waals surface area (Å²) in [5.41, 5.74) is -0.135. The Bertz CT molecular complexity index is 213. The molecule has 0 spiro atoms. The minimum absolute atomic E-state index is 0.135. The molecule has 1 fully saturated rings. The monoisotopic (exact) mass is 223 g/mol. The first-order chi connectivity index (χ1) is 7.83. The summed E-state index contributed by atoms with van der Waals surface area (Å²) in [5.74, 6) is 0. The van der Waals surface area contributed by atoms with Gasteiger partial charge in [-0.15, -0.1) is 0 Å². The molecule has 1 aliphatic heterocycles. The molecule has 0 saturated carbocycles. The van der Waals surface area contributed by atoms with Crippen LogP contribution in [0.1, 0.15) is 64.7 Å². The van der Waals surface area contributed by atoms with Gasteiger partial charge in [-0.05, 0) is 12.8 Å². The van der Waals surface area contributed by atoms with E-state index in [1.54, 1.807) is 0 Å². The van der Waals surface area contributed by atoms with Crippen molar-refractivity contribution in [3.05, 3.63) is 0 Å². The summed E-state index contributed by atoms with van der Waals surface area (Å²) >= 11 is 0. The maximum atomic E-state index is 9.16. The maximum absolute atomic E-state index is 9.16. The largest absolute Gasteiger partial charge is 0.380 e. The van der Waals surface area contributed by atoms with Crippen LogP contribution in [0.2, 0.25) is 0 Å². The second kappa shape index (κ2) is 7.68. The number of nitrogens with zero attached hydrogens (tertiary/aromatic N) is 1. The molecule has 0 aromatic heterocycles. The van der Waals surface area contributed by atoms with E-state index in [0.29, 0.717) is 6.61 Å². The molecule has 1 saturated heterocycles. The summed E-state index contributed by atoms with van der Waals surface area (Å²) in [4.78, 5) is 0. The summed E-state index contributed by atoms with van der Waals surface area (Å²) in [6, 6.07) is 2.46. The smallest absolute Gasteiger partial charge is 0.0828 e. The SMILES string of the molecule is CCCCCCCCCC1(C#N)CCOC1. The maximum Gasteiger partial charge on any atom is 0.0828 e. The highest BCUT2D eigenvalue weighted by Crippen LogP contribution is 2.33. The molecule has 0 N–H and O–H groups in total. The van der Waals surface area contributed by atoms with Gasteiger partial charge in [-0.2, -0.15) is 5.26 Å². The molecule has 2 heteroatoms. The van der Waals surface area contributed by atoms with E-state index in [1.165, 1.54) is 44.9 Å². The van der Waals surface area contributed by atoms with Crippen molar-refractivity contribution >= 4 is 0 Å². The first kappa shape index (κ1) is 13.5. The third kappa shape index (κ3) is 4.53. The number of rotatable bonds is 8. The van der Waals surface area contributed by atoms with Crippen LogP contribution in [0.15, 0.2) is 0 Å². The molecule has 92 valence electrons. The Balaban J connectivity index is 2.00. The van der Waals surface area contributed by atoms with E-state index in [9.17, 15) is 0 Å². The van der Waals surface area contributed by atoms with Crippen molar-refractivity contribution < 1.29 is 4.74 Å². The van der Waals surface area contributed by atoms with Gasteiger partial charge in [0.2, 0.25) is 0 Å². The molecule has 0 bridgehead atoms. The van der Waals surface area contributed by atoms with Gasteiger partial charge >= 0.3 is 0 Å². The fourth-order valence-corrected chi connectivity index (χ4v) is 2.37. The van der Waals surface area contributed by atoms with E-state index in [1.807, 2.05) is 0 Å². The molecule has 0 radical (unpaired) electrons. The third-order valence-electron chi connectivity index (χ3n) is 3.60. The average Bonchev–Trinajstić information content (AvgIpc) is 2.77. The highest BCUT2D eigenvalue weighted by Gasteiger charge is 2.34. The lowest BCUT2D eigenvalue weighted by Gasteiger charge is -2.17. The zero-order valence-electron chi connectivity index (χ0n) is 10.6. The van der Waals surface area contributed by atoms with Crippen LogP contribution >= 0.6 is 0 Å². The molecular formula is C14H25NO. The summed E-state index contributed by atoms with van der Waals surface area (Å²) in [5, 5.41) is 9.16. The molecule has 2 nitrogen and oxygen atoms in total. The van der Waals surface area contributed by atoms with Crippen molar-refractivity contribution in [3.63, 3.8) is 0 Å². The van der Waals surface area contributed by atoms with Gasteiger partial charge in [0.1, 0.15) is 0 Å². The second-order valence-electron chi connectivity index (χ2n) is 5.07. The predicted molar refractivity (Wildman–Crippen MR) is 66.1 cm³/mol. The molecule has 16 heavy (non-hydrogen) atoms. The van der Waals surface area contributed by atoms with Gasteiger partial charge in [-0.1, -0.05) is 51.9 Å². The molecule has 0 aromatic carbocycles. The zero-order chi connectivity index (χ0) is 11.7. The Labute approximate surface area is 100.0 Å². The van der Waals surface area contributed by atoms with Crippen LogP contribution in [0.4, 0.5) is 0 Å². The van der Waals surface area contributed by atoms with Crippen molar-refractivity contribution in [2.75, 3.05) is 13.2 Å². The quantitative estimate of drug-likeness (QED) is 0.581. The van der Waals surface area contributed by atoms with Gasteiger partial charge in [-0.25, -0.2) is 0 Å². The predicted octanol–water partition coefficient (Wildman–Crippen LogP) is 4.06. The lowest BCUT2D eigenvalue weighted by atomic mass is 9.83. The van der Waals surface area contributed by atoms with Crippen molar-refractivity contribution in [2.24, 2.45) is 5.41 Å². The van der Waals surface area contributed by atoms with Gasteiger partial charge in [0.15, 0.2) is 0 Å². The first-order valence-electron chi connectivity index (χ1n) is 6.82. The van der Waals surface area contributed by atoms with Gasteiger partial charge in [-0.3, -0.25) is 0 Å². The second-order valence-corrected chi connectivity index (χ2v) is 5.07. The van der Waals surface area contributed by atoms with Crippen molar-refractivity contribution in [1.29, 1.82) is 5.26 Å². The van der Waals surface area contributed by atoms with Crippen LogP contribution in [0.25, 0.3) is 0 Å². The van der Waals surface area contributed by atoms with Gasteiger partial charge in [0.05, 0.1) is 18.1 Å². The molecule has 1 atom stereocenters. The number of nitriles is 1. The lowest BCUT2D eigenvalue weighted by Crippen LogP contribution is -2.18. The molecule has 0 amide bonds. The van der Waals surface area contributed by atoms with Gasteiger partial charge in [0.25, 0.3) is 0 Å². The summed E-state index contributed by atoms with van der Waals surface area (Å²) in [6.45, 7) is 3.69. The molecule has 1 aliphatic rings. The normalized spacial score (nSPS) is 24.5. The van der Waals surface area contributed by atoms with Crippen molar-refractivity contribution in [2.45, 2.75) is 64.7 Å². The van der Waals surface area contributed by atoms with E-state index in [2.05, 4.69) is 13.0 Å². The first-order valence-corrected chi connectivity index (χ1v) is 6.82. The molecule has 1 heterocycles. The van der Waals surface area contributed by atoms with Crippen LogP contribution < -0.4 is 0 Å². The van der Waals surface area contributed by atoms with Crippen LogP contribution in [0, 0.1) is 16.7 Å². The Morgan fingerprint density at radius 2 is 1.81 bits per heavy atom. The van der Waals surface area contributed by atoms with Crippen LogP contribution in [-0.2, 0) is 4.74 Å². The Kier molecular flexibility index (Phi) is 6.49. The standard InChI is InChI=1S/C14H25NO/c1-2-3-4-5-6-7-8-9-14(12-15)10-11-16-13-14/h2-11,13H2,1H3. The zero-order valence-corrected chi connectivity index (χ0v) is 10.6. The molecule has 1 rings (SSSR count). The lowest BCUT2D eigenvalue weighted by molar-refractivity contribution is 0.167. The Morgan fingerprint density at radius 3 is 2.38 bits per heavy atom. The van der Waals surface area contributed by atoms with E-state index in [-0.39, 0.29) is 5.41 Å². The number of ether oxygens (including phenoxy) is 1. The highest BCUT2D eigenvalue weighted by molar-refractivity contribution is 5.01. The topological polar surface area (TPSA) is 33.0 Å².